The van der Waals surface area contributed by atoms with Gasteiger partial charge < -0.3 is 104 Å². The number of ether oxygens (including phenoxy) is 6. The Labute approximate surface area is 259 Å². The van der Waals surface area contributed by atoms with Gasteiger partial charge in [0.15, 0.2) is 12.6 Å². The van der Waals surface area contributed by atoms with E-state index in [9.17, 15) is 40.9 Å². The molecule has 0 amide bonds. The van der Waals surface area contributed by atoms with Gasteiger partial charge in [0, 0.05) is 24.2 Å². The predicted molar refractivity (Wildman–Crippen MR) is 149 cm³/mol. The highest BCUT2D eigenvalue weighted by Crippen LogP contribution is 2.31. The van der Waals surface area contributed by atoms with Crippen LogP contribution in [0.2, 0.25) is 0 Å². The Hall–Kier alpha value is -0.800. The molecule has 20 N–H and O–H groups in total. The minimum atomic E-state index is -1.49. The van der Waals surface area contributed by atoms with E-state index in [2.05, 4.69) is 0 Å². The first-order valence-corrected chi connectivity index (χ1v) is 14.9. The number of aliphatic hydroxyl groups excluding tert-OH is 8. The molecule has 2 heterocycles. The van der Waals surface area contributed by atoms with Gasteiger partial charge in [0.1, 0.15) is 67.8 Å². The highest BCUT2D eigenvalue weighted by molar-refractivity contribution is 5.01. The van der Waals surface area contributed by atoms with Gasteiger partial charge in [-0.3, -0.25) is 0 Å². The standard InChI is InChI=1S/C25H50N6O14/c26-6-1-8(28)20(18(38)14(6)34)44-24-12(30)22(16(36)10(3-32)42-24)40-5-41-23-13(31)25(43-11(4-33)17(23)37)45-21-9(29)2-7(27)15(35)19(21)39/h6-25,32-39H,1-5,26-31H2/t6-,7+,8+,9-,10-,11+,12-,13+,14+,15-,16-,17+,18-,19+,20-,21+,22-,23+,24-,25+. The molecule has 2 aliphatic heterocycles. The van der Waals surface area contributed by atoms with Crippen molar-refractivity contribution in [2.24, 2.45) is 34.4 Å². The Balaban J connectivity index is 1.41. The molecule has 4 fully saturated rings. The fourth-order valence-electron chi connectivity index (χ4n) is 6.29. The summed E-state index contributed by atoms with van der Waals surface area (Å²) in [6, 6.07) is -5.64. The smallest absolute Gasteiger partial charge is 0.176 e. The summed E-state index contributed by atoms with van der Waals surface area (Å²) in [7, 11) is 0. The number of hydrogen-bond donors (Lipinski definition) is 14. The zero-order chi connectivity index (χ0) is 33.3. The van der Waals surface area contributed by atoms with E-state index in [1.807, 2.05) is 0 Å². The van der Waals surface area contributed by atoms with E-state index in [1.165, 1.54) is 0 Å². The molecule has 264 valence electrons. The second-order valence-electron chi connectivity index (χ2n) is 12.3. The third-order valence-corrected chi connectivity index (χ3v) is 9.09. The molecule has 45 heavy (non-hydrogen) atoms. The molecule has 4 rings (SSSR count). The van der Waals surface area contributed by atoms with Gasteiger partial charge in [0.2, 0.25) is 0 Å². The van der Waals surface area contributed by atoms with Crippen molar-refractivity contribution in [3.63, 3.8) is 0 Å². The first kappa shape index (κ1) is 37.0. The van der Waals surface area contributed by atoms with Crippen LogP contribution >= 0.6 is 0 Å². The Morgan fingerprint density at radius 2 is 0.844 bits per heavy atom. The van der Waals surface area contributed by atoms with Crippen molar-refractivity contribution in [2.45, 2.75) is 135 Å². The van der Waals surface area contributed by atoms with E-state index in [0.29, 0.717) is 0 Å². The van der Waals surface area contributed by atoms with Crippen molar-refractivity contribution in [3.8, 4) is 0 Å². The number of rotatable bonds is 10. The fraction of sp³-hybridized carbons (Fsp3) is 1.00. The van der Waals surface area contributed by atoms with E-state index >= 15 is 0 Å². The van der Waals surface area contributed by atoms with Crippen LogP contribution in [0.5, 0.6) is 0 Å². The molecule has 20 heteroatoms. The van der Waals surface area contributed by atoms with Crippen LogP contribution in [-0.2, 0) is 28.4 Å². The zero-order valence-electron chi connectivity index (χ0n) is 24.6. The van der Waals surface area contributed by atoms with Gasteiger partial charge in [-0.25, -0.2) is 0 Å². The highest BCUT2D eigenvalue weighted by atomic mass is 16.7. The van der Waals surface area contributed by atoms with Crippen LogP contribution in [0.4, 0.5) is 0 Å². The summed E-state index contributed by atoms with van der Waals surface area (Å²) >= 11 is 0. The lowest BCUT2D eigenvalue weighted by Crippen LogP contribution is -2.68. The first-order valence-electron chi connectivity index (χ1n) is 14.9. The van der Waals surface area contributed by atoms with Crippen LogP contribution in [0.3, 0.4) is 0 Å². The molecule has 20 atom stereocenters. The second-order valence-corrected chi connectivity index (χ2v) is 12.3. The van der Waals surface area contributed by atoms with Crippen LogP contribution in [0.25, 0.3) is 0 Å². The van der Waals surface area contributed by atoms with Gasteiger partial charge in [-0.15, -0.1) is 0 Å². The predicted octanol–water partition coefficient (Wildman–Crippen LogP) is -9.14. The Morgan fingerprint density at radius 3 is 1.18 bits per heavy atom. The molecule has 0 radical (unpaired) electrons. The van der Waals surface area contributed by atoms with Crippen molar-refractivity contribution in [2.75, 3.05) is 20.0 Å². The third kappa shape index (κ3) is 7.76. The maximum atomic E-state index is 10.8. The molecule has 4 aliphatic rings. The highest BCUT2D eigenvalue weighted by Gasteiger charge is 2.51. The molecular formula is C25H50N6O14. The summed E-state index contributed by atoms with van der Waals surface area (Å²) < 4.78 is 34.3. The minimum Gasteiger partial charge on any atom is -0.394 e. The molecule has 0 bridgehead atoms. The summed E-state index contributed by atoms with van der Waals surface area (Å²) in [5.74, 6) is 0. The summed E-state index contributed by atoms with van der Waals surface area (Å²) in [4.78, 5) is 0. The zero-order valence-corrected chi connectivity index (χ0v) is 24.6. The summed E-state index contributed by atoms with van der Waals surface area (Å²) in [5.41, 5.74) is 36.4. The van der Waals surface area contributed by atoms with E-state index in [4.69, 9.17) is 62.8 Å². The molecule has 0 aromatic carbocycles. The van der Waals surface area contributed by atoms with Crippen molar-refractivity contribution in [3.05, 3.63) is 0 Å². The summed E-state index contributed by atoms with van der Waals surface area (Å²) in [6.45, 7) is -1.98. The van der Waals surface area contributed by atoms with Gasteiger partial charge in [-0.1, -0.05) is 0 Å². The van der Waals surface area contributed by atoms with Crippen LogP contribution in [-0.4, -0.2) is 183 Å². The van der Waals surface area contributed by atoms with Crippen molar-refractivity contribution in [1.29, 1.82) is 0 Å². The fourth-order valence-corrected chi connectivity index (χ4v) is 6.29. The topological polar surface area (TPSA) is 373 Å². The maximum Gasteiger partial charge on any atom is 0.176 e. The van der Waals surface area contributed by atoms with E-state index in [0.717, 1.165) is 0 Å². The molecule has 0 unspecified atom stereocenters. The lowest BCUT2D eigenvalue weighted by Gasteiger charge is -2.47. The Bertz CT molecular complexity index is 865. The van der Waals surface area contributed by atoms with Crippen molar-refractivity contribution < 1.29 is 69.3 Å². The molecule has 0 aromatic rings. The largest absolute Gasteiger partial charge is 0.394 e. The quantitative estimate of drug-likeness (QED) is 0.0968. The van der Waals surface area contributed by atoms with Gasteiger partial charge in [-0.05, 0) is 12.8 Å². The van der Waals surface area contributed by atoms with E-state index in [-0.39, 0.29) is 12.8 Å². The van der Waals surface area contributed by atoms with Crippen LogP contribution in [0.1, 0.15) is 12.8 Å². The molecular weight excluding hydrogens is 608 g/mol. The average Bonchev–Trinajstić information content (AvgIpc) is 3.00. The molecule has 2 aliphatic carbocycles. The lowest BCUT2D eigenvalue weighted by molar-refractivity contribution is -0.320. The van der Waals surface area contributed by atoms with Gasteiger partial charge in [0.05, 0.1) is 37.5 Å². The van der Waals surface area contributed by atoms with E-state index < -0.39 is 142 Å². The molecule has 2 saturated heterocycles. The SMILES string of the molecule is N[C@@H]1[C@H](O[C@@H]2[C@@H](O)[C@H](O)[C@@H](N)C[C@H]2N)O[C@@H](CO)[C@H](O)[C@H]1OCO[C@@H]1[C@@H](N)[C@@H](O[C@H]2[C@H](O)[C@@H](O)[C@H](N)C[C@@H]2N)O[C@H](CO)[C@H]1O. The second kappa shape index (κ2) is 15.6. The number of aliphatic hydroxyl groups is 8. The van der Waals surface area contributed by atoms with Crippen LogP contribution < -0.4 is 34.4 Å². The van der Waals surface area contributed by atoms with E-state index in [1.54, 1.807) is 0 Å². The molecule has 2 saturated carbocycles. The van der Waals surface area contributed by atoms with Crippen molar-refractivity contribution >= 4 is 0 Å². The summed E-state index contributed by atoms with van der Waals surface area (Å²) in [6.07, 6.45) is -18.5. The monoisotopic (exact) mass is 658 g/mol. The maximum absolute atomic E-state index is 10.8. The normalized spacial score (nSPS) is 52.9. The van der Waals surface area contributed by atoms with Gasteiger partial charge in [0.25, 0.3) is 0 Å². The van der Waals surface area contributed by atoms with Gasteiger partial charge >= 0.3 is 0 Å². The van der Waals surface area contributed by atoms with Gasteiger partial charge in [-0.2, -0.15) is 0 Å². The lowest BCUT2D eigenvalue weighted by atomic mass is 9.84. The number of hydrogen-bond acceptors (Lipinski definition) is 20. The van der Waals surface area contributed by atoms with Crippen molar-refractivity contribution in [1.82, 2.24) is 0 Å². The Morgan fingerprint density at radius 1 is 0.489 bits per heavy atom. The molecule has 20 nitrogen and oxygen atoms in total. The first-order chi connectivity index (χ1) is 21.2. The molecule has 0 spiro atoms. The van der Waals surface area contributed by atoms with Crippen LogP contribution in [0, 0.1) is 0 Å². The average molecular weight is 659 g/mol. The molecule has 0 aromatic heterocycles. The number of nitrogens with two attached hydrogens (primary N) is 6. The third-order valence-electron chi connectivity index (χ3n) is 9.09. The van der Waals surface area contributed by atoms with Crippen LogP contribution in [0.15, 0.2) is 0 Å². The minimum absolute atomic E-state index is 0.123. The summed E-state index contributed by atoms with van der Waals surface area (Å²) in [5, 5.41) is 82.6. The Kier molecular flexibility index (Phi) is 12.8.